The Morgan fingerprint density at radius 2 is 1.90 bits per heavy atom. The lowest BCUT2D eigenvalue weighted by molar-refractivity contribution is -0.116. The van der Waals surface area contributed by atoms with Crippen molar-refractivity contribution < 1.29 is 4.79 Å². The second-order valence-electron chi connectivity index (χ2n) is 5.11. The van der Waals surface area contributed by atoms with Gasteiger partial charge in [0.05, 0.1) is 6.04 Å². The zero-order chi connectivity index (χ0) is 15.0. The van der Waals surface area contributed by atoms with Gasteiger partial charge < -0.3 is 11.1 Å². The lowest BCUT2D eigenvalue weighted by atomic mass is 9.94. The molecule has 0 aromatic heterocycles. The van der Waals surface area contributed by atoms with Crippen molar-refractivity contribution in [3.8, 4) is 0 Å². The van der Waals surface area contributed by atoms with Gasteiger partial charge in [-0.3, -0.25) is 4.79 Å². The third-order valence-corrected chi connectivity index (χ3v) is 4.86. The second kappa shape index (κ2) is 5.91. The van der Waals surface area contributed by atoms with Gasteiger partial charge in [0, 0.05) is 21.1 Å². The van der Waals surface area contributed by atoms with Gasteiger partial charge in [-0.15, -0.1) is 0 Å². The van der Waals surface area contributed by atoms with Crippen LogP contribution >= 0.6 is 31.9 Å². The molecule has 0 saturated heterocycles. The van der Waals surface area contributed by atoms with Crippen LogP contribution in [0.25, 0.3) is 0 Å². The Morgan fingerprint density at radius 3 is 2.67 bits per heavy atom. The van der Waals surface area contributed by atoms with Gasteiger partial charge in [-0.25, -0.2) is 0 Å². The van der Waals surface area contributed by atoms with Crippen LogP contribution in [0.15, 0.2) is 45.3 Å². The van der Waals surface area contributed by atoms with E-state index in [2.05, 4.69) is 43.2 Å². The van der Waals surface area contributed by atoms with Crippen LogP contribution in [0.1, 0.15) is 29.2 Å². The number of carbonyl (C=O) groups is 1. The van der Waals surface area contributed by atoms with E-state index in [4.69, 9.17) is 5.73 Å². The number of amides is 1. The Balaban J connectivity index is 1.95. The Kier molecular flexibility index (Phi) is 4.15. The van der Waals surface area contributed by atoms with Crippen LogP contribution in [-0.2, 0) is 11.2 Å². The summed E-state index contributed by atoms with van der Waals surface area (Å²) in [4.78, 5) is 11.4. The molecule has 5 heteroatoms. The number of halogens is 2. The quantitative estimate of drug-likeness (QED) is 0.782. The molecule has 2 aromatic rings. The molecule has 1 heterocycles. The zero-order valence-corrected chi connectivity index (χ0v) is 14.4. The van der Waals surface area contributed by atoms with E-state index in [1.807, 2.05) is 30.3 Å². The van der Waals surface area contributed by atoms with Gasteiger partial charge in [0.25, 0.3) is 0 Å². The summed E-state index contributed by atoms with van der Waals surface area (Å²) in [5.74, 6) is 0.0789. The molecule has 3 N–H and O–H groups in total. The molecule has 1 unspecified atom stereocenters. The van der Waals surface area contributed by atoms with Gasteiger partial charge in [-0.05, 0) is 41.3 Å². The smallest absolute Gasteiger partial charge is 0.224 e. The molecule has 108 valence electrons. The number of hydrogen-bond acceptors (Lipinski definition) is 2. The summed E-state index contributed by atoms with van der Waals surface area (Å²) in [6, 6.07) is 11.8. The van der Waals surface area contributed by atoms with E-state index in [0.29, 0.717) is 6.42 Å². The molecule has 1 aliphatic heterocycles. The molecule has 1 atom stereocenters. The van der Waals surface area contributed by atoms with Crippen molar-refractivity contribution in [1.82, 2.24) is 0 Å². The SMILES string of the molecule is NC(c1ccc2c(c1)CCC(=O)N2)c1ccc(Br)cc1Br. The lowest BCUT2D eigenvalue weighted by Crippen LogP contribution is -2.20. The van der Waals surface area contributed by atoms with Gasteiger partial charge in [0.1, 0.15) is 0 Å². The van der Waals surface area contributed by atoms with Crippen LogP contribution < -0.4 is 11.1 Å². The number of carbonyl (C=O) groups excluding carboxylic acids is 1. The van der Waals surface area contributed by atoms with Crippen LogP contribution in [0.5, 0.6) is 0 Å². The summed E-state index contributed by atoms with van der Waals surface area (Å²) in [5, 5.41) is 2.89. The highest BCUT2D eigenvalue weighted by atomic mass is 79.9. The van der Waals surface area contributed by atoms with Gasteiger partial charge >= 0.3 is 0 Å². The molecular weight excluding hydrogens is 396 g/mol. The first-order valence-electron chi connectivity index (χ1n) is 6.68. The average molecular weight is 410 g/mol. The van der Waals surface area contributed by atoms with Crippen molar-refractivity contribution in [2.24, 2.45) is 5.73 Å². The molecule has 2 aromatic carbocycles. The lowest BCUT2D eigenvalue weighted by Gasteiger charge is -2.20. The van der Waals surface area contributed by atoms with E-state index < -0.39 is 0 Å². The van der Waals surface area contributed by atoms with Crippen molar-refractivity contribution in [2.75, 3.05) is 5.32 Å². The van der Waals surface area contributed by atoms with Crippen molar-refractivity contribution in [3.63, 3.8) is 0 Å². The van der Waals surface area contributed by atoms with Crippen molar-refractivity contribution in [1.29, 1.82) is 0 Å². The van der Waals surface area contributed by atoms with Crippen LogP contribution in [0.2, 0.25) is 0 Å². The van der Waals surface area contributed by atoms with E-state index in [1.165, 1.54) is 0 Å². The number of aryl methyl sites for hydroxylation is 1. The number of hydrogen-bond donors (Lipinski definition) is 2. The maximum atomic E-state index is 11.4. The first kappa shape index (κ1) is 14.8. The molecule has 0 spiro atoms. The fourth-order valence-electron chi connectivity index (χ4n) is 2.53. The summed E-state index contributed by atoms with van der Waals surface area (Å²) in [7, 11) is 0. The van der Waals surface area contributed by atoms with Crippen molar-refractivity contribution in [3.05, 3.63) is 62.0 Å². The molecule has 0 bridgehead atoms. The van der Waals surface area contributed by atoms with Gasteiger partial charge in [-0.2, -0.15) is 0 Å². The molecule has 3 nitrogen and oxygen atoms in total. The minimum Gasteiger partial charge on any atom is -0.326 e. The maximum Gasteiger partial charge on any atom is 0.224 e. The first-order chi connectivity index (χ1) is 10.0. The molecule has 0 aliphatic carbocycles. The number of nitrogens with two attached hydrogens (primary N) is 1. The number of nitrogens with one attached hydrogen (secondary N) is 1. The fourth-order valence-corrected chi connectivity index (χ4v) is 3.82. The summed E-state index contributed by atoms with van der Waals surface area (Å²) >= 11 is 7.01. The van der Waals surface area contributed by atoms with Gasteiger partial charge in [0.2, 0.25) is 5.91 Å². The Hall–Kier alpha value is -1.17. The highest BCUT2D eigenvalue weighted by molar-refractivity contribution is 9.11. The van der Waals surface area contributed by atoms with Crippen molar-refractivity contribution >= 4 is 43.5 Å². The molecule has 21 heavy (non-hydrogen) atoms. The first-order valence-corrected chi connectivity index (χ1v) is 8.26. The topological polar surface area (TPSA) is 55.1 Å². The minimum atomic E-state index is -0.199. The molecule has 0 saturated carbocycles. The largest absolute Gasteiger partial charge is 0.326 e. The van der Waals surface area contributed by atoms with E-state index in [9.17, 15) is 4.79 Å². The average Bonchev–Trinajstić information content (AvgIpc) is 2.46. The Labute approximate surface area is 140 Å². The Bertz CT molecular complexity index is 715. The Morgan fingerprint density at radius 1 is 1.10 bits per heavy atom. The molecule has 0 radical (unpaired) electrons. The number of anilines is 1. The minimum absolute atomic E-state index is 0.0789. The van der Waals surface area contributed by atoms with E-state index in [0.717, 1.165) is 37.7 Å². The van der Waals surface area contributed by atoms with Gasteiger partial charge in [-0.1, -0.05) is 50.1 Å². The predicted octanol–water partition coefficient (Wildman–Crippen LogP) is 4.14. The van der Waals surface area contributed by atoms with E-state index >= 15 is 0 Å². The molecule has 1 aliphatic rings. The van der Waals surface area contributed by atoms with Crippen LogP contribution in [0, 0.1) is 0 Å². The monoisotopic (exact) mass is 408 g/mol. The third kappa shape index (κ3) is 3.05. The number of rotatable bonds is 2. The molecule has 3 rings (SSSR count). The van der Waals surface area contributed by atoms with Crippen LogP contribution in [0.4, 0.5) is 5.69 Å². The third-order valence-electron chi connectivity index (χ3n) is 3.68. The second-order valence-corrected chi connectivity index (χ2v) is 6.88. The summed E-state index contributed by atoms with van der Waals surface area (Å²) in [5.41, 5.74) is 10.5. The number of benzene rings is 2. The zero-order valence-electron chi connectivity index (χ0n) is 11.2. The highest BCUT2D eigenvalue weighted by Crippen LogP contribution is 2.32. The molecule has 0 fully saturated rings. The molecule has 1 amide bonds. The van der Waals surface area contributed by atoms with E-state index in [1.54, 1.807) is 0 Å². The fraction of sp³-hybridized carbons (Fsp3) is 0.188. The van der Waals surface area contributed by atoms with E-state index in [-0.39, 0.29) is 11.9 Å². The standard InChI is InChI=1S/C16H14Br2N2O/c17-11-3-4-12(13(18)8-11)16(19)10-1-5-14-9(7-10)2-6-15(21)20-14/h1,3-5,7-8,16H,2,6,19H2,(H,20,21). The summed E-state index contributed by atoms with van der Waals surface area (Å²) in [6.45, 7) is 0. The highest BCUT2D eigenvalue weighted by Gasteiger charge is 2.18. The van der Waals surface area contributed by atoms with Crippen molar-refractivity contribution in [2.45, 2.75) is 18.9 Å². The maximum absolute atomic E-state index is 11.4. The molecular formula is C16H14Br2N2O. The summed E-state index contributed by atoms with van der Waals surface area (Å²) < 4.78 is 1.99. The normalized spacial score (nSPS) is 15.3. The summed E-state index contributed by atoms with van der Waals surface area (Å²) in [6.07, 6.45) is 1.30. The van der Waals surface area contributed by atoms with Crippen LogP contribution in [-0.4, -0.2) is 5.91 Å². The van der Waals surface area contributed by atoms with Gasteiger partial charge in [0.15, 0.2) is 0 Å². The number of fused-ring (bicyclic) bond motifs is 1. The predicted molar refractivity (Wildman–Crippen MR) is 91.3 cm³/mol. The van der Waals surface area contributed by atoms with Crippen LogP contribution in [0.3, 0.4) is 0 Å².